The number of aromatic amines is 1. The Balaban J connectivity index is 2.33. The lowest BCUT2D eigenvalue weighted by Gasteiger charge is -2.12. The van der Waals surface area contributed by atoms with Gasteiger partial charge < -0.3 is 5.73 Å². The minimum Gasteiger partial charge on any atom is -0.398 e. The highest BCUT2D eigenvalue weighted by Gasteiger charge is 2.25. The van der Waals surface area contributed by atoms with Crippen molar-refractivity contribution in [1.82, 2.24) is 25.3 Å². The van der Waals surface area contributed by atoms with Crippen molar-refractivity contribution in [3.05, 3.63) is 29.8 Å². The summed E-state index contributed by atoms with van der Waals surface area (Å²) in [6, 6.07) is 2.87. The highest BCUT2D eigenvalue weighted by atomic mass is 32.2. The van der Waals surface area contributed by atoms with Crippen LogP contribution in [0.4, 0.5) is 10.1 Å². The summed E-state index contributed by atoms with van der Waals surface area (Å²) in [5.74, 6) is -0.786. The molecular formula is C9H11FN6O2S. The maximum absolute atomic E-state index is 13.6. The van der Waals surface area contributed by atoms with Crippen molar-refractivity contribution in [2.24, 2.45) is 0 Å². The van der Waals surface area contributed by atoms with Gasteiger partial charge in [-0.2, -0.15) is 5.21 Å². The summed E-state index contributed by atoms with van der Waals surface area (Å²) in [5.41, 5.74) is 5.32. The Morgan fingerprint density at radius 2 is 2.21 bits per heavy atom. The number of tetrazole rings is 1. The molecule has 2 rings (SSSR count). The lowest BCUT2D eigenvalue weighted by molar-refractivity contribution is 0.543. The SMILES string of the molecule is CC(NS(=O)(=O)c1c(N)cccc1F)c1nn[nH]n1. The summed E-state index contributed by atoms with van der Waals surface area (Å²) in [7, 11) is -4.12. The molecule has 2 aromatic rings. The summed E-state index contributed by atoms with van der Waals surface area (Å²) >= 11 is 0. The number of anilines is 1. The number of halogens is 1. The van der Waals surface area contributed by atoms with E-state index in [1.54, 1.807) is 0 Å². The number of nitrogens with two attached hydrogens (primary N) is 1. The average Bonchev–Trinajstić information content (AvgIpc) is 2.80. The number of H-pyrrole nitrogens is 1. The van der Waals surface area contributed by atoms with E-state index in [1.807, 2.05) is 0 Å². The van der Waals surface area contributed by atoms with Gasteiger partial charge in [0.05, 0.1) is 11.7 Å². The number of nitrogens with zero attached hydrogens (tertiary/aromatic N) is 3. The normalized spacial score (nSPS) is 13.4. The molecule has 19 heavy (non-hydrogen) atoms. The number of sulfonamides is 1. The van der Waals surface area contributed by atoms with E-state index in [4.69, 9.17) is 5.73 Å². The predicted molar refractivity (Wildman–Crippen MR) is 63.7 cm³/mol. The zero-order valence-electron chi connectivity index (χ0n) is 9.83. The van der Waals surface area contributed by atoms with Crippen LogP contribution in [0.25, 0.3) is 0 Å². The van der Waals surface area contributed by atoms with E-state index in [1.165, 1.54) is 19.1 Å². The monoisotopic (exact) mass is 286 g/mol. The maximum atomic E-state index is 13.6. The number of rotatable bonds is 4. The number of aromatic nitrogens is 4. The van der Waals surface area contributed by atoms with Crippen LogP contribution in [0.3, 0.4) is 0 Å². The Morgan fingerprint density at radius 3 is 2.79 bits per heavy atom. The fourth-order valence-electron chi connectivity index (χ4n) is 1.51. The summed E-state index contributed by atoms with van der Waals surface area (Å²) < 4.78 is 39.9. The zero-order valence-corrected chi connectivity index (χ0v) is 10.6. The molecule has 0 aliphatic rings. The number of nitrogen functional groups attached to an aromatic ring is 1. The molecule has 0 fully saturated rings. The van der Waals surface area contributed by atoms with Crippen molar-refractivity contribution >= 4 is 15.7 Å². The molecule has 102 valence electrons. The molecule has 0 saturated carbocycles. The van der Waals surface area contributed by atoms with Gasteiger partial charge in [-0.25, -0.2) is 17.5 Å². The van der Waals surface area contributed by atoms with Gasteiger partial charge in [0.2, 0.25) is 10.0 Å². The van der Waals surface area contributed by atoms with Gasteiger partial charge in [-0.05, 0) is 19.1 Å². The van der Waals surface area contributed by atoms with E-state index in [-0.39, 0.29) is 11.5 Å². The topological polar surface area (TPSA) is 127 Å². The second kappa shape index (κ2) is 4.90. The maximum Gasteiger partial charge on any atom is 0.246 e. The standard InChI is InChI=1S/C9H11FN6O2S/c1-5(9-12-15-16-13-9)14-19(17,18)8-6(10)3-2-4-7(8)11/h2-5,14H,11H2,1H3,(H,12,13,15,16). The van der Waals surface area contributed by atoms with Crippen LogP contribution in [0.15, 0.2) is 23.1 Å². The van der Waals surface area contributed by atoms with Gasteiger partial charge in [-0.1, -0.05) is 11.3 Å². The Kier molecular flexibility index (Phi) is 3.44. The molecule has 0 saturated heterocycles. The first kappa shape index (κ1) is 13.4. The highest BCUT2D eigenvalue weighted by Crippen LogP contribution is 2.23. The summed E-state index contributed by atoms with van der Waals surface area (Å²) in [6.07, 6.45) is 0. The van der Waals surface area contributed by atoms with Crippen molar-refractivity contribution in [3.63, 3.8) is 0 Å². The first-order chi connectivity index (χ1) is 8.92. The third kappa shape index (κ3) is 2.69. The minimum atomic E-state index is -4.12. The largest absolute Gasteiger partial charge is 0.398 e. The highest BCUT2D eigenvalue weighted by molar-refractivity contribution is 7.89. The second-order valence-corrected chi connectivity index (χ2v) is 5.42. The molecule has 1 atom stereocenters. The number of benzene rings is 1. The van der Waals surface area contributed by atoms with Gasteiger partial charge in [0, 0.05) is 0 Å². The van der Waals surface area contributed by atoms with Crippen molar-refractivity contribution in [2.45, 2.75) is 17.9 Å². The quantitative estimate of drug-likeness (QED) is 0.677. The van der Waals surface area contributed by atoms with E-state index in [0.29, 0.717) is 0 Å². The smallest absolute Gasteiger partial charge is 0.246 e. The molecule has 0 radical (unpaired) electrons. The lowest BCUT2D eigenvalue weighted by Crippen LogP contribution is -2.29. The van der Waals surface area contributed by atoms with Gasteiger partial charge in [0.15, 0.2) is 5.82 Å². The molecule has 0 aliphatic heterocycles. The van der Waals surface area contributed by atoms with Crippen LogP contribution < -0.4 is 10.5 Å². The Hall–Kier alpha value is -2.07. The van der Waals surface area contributed by atoms with Crippen molar-refractivity contribution in [1.29, 1.82) is 0 Å². The molecule has 1 unspecified atom stereocenters. The van der Waals surface area contributed by atoms with Gasteiger partial charge in [0.1, 0.15) is 10.7 Å². The molecule has 0 aliphatic carbocycles. The minimum absolute atomic E-state index is 0.137. The Bertz CT molecular complexity index is 652. The zero-order chi connectivity index (χ0) is 14.0. The molecule has 8 nitrogen and oxygen atoms in total. The van der Waals surface area contributed by atoms with Crippen LogP contribution in [0.1, 0.15) is 18.8 Å². The predicted octanol–water partition coefficient (Wildman–Crippen LogP) is -0.0395. The van der Waals surface area contributed by atoms with Crippen LogP contribution in [0.5, 0.6) is 0 Å². The summed E-state index contributed by atoms with van der Waals surface area (Å²) in [5, 5.41) is 12.8. The van der Waals surface area contributed by atoms with E-state index in [9.17, 15) is 12.8 Å². The van der Waals surface area contributed by atoms with E-state index in [2.05, 4.69) is 25.3 Å². The second-order valence-electron chi connectivity index (χ2n) is 3.77. The van der Waals surface area contributed by atoms with Gasteiger partial charge in [-0.3, -0.25) is 0 Å². The molecule has 4 N–H and O–H groups in total. The van der Waals surface area contributed by atoms with Gasteiger partial charge >= 0.3 is 0 Å². The number of hydrogen-bond donors (Lipinski definition) is 3. The first-order valence-corrected chi connectivity index (χ1v) is 6.70. The van der Waals surface area contributed by atoms with E-state index >= 15 is 0 Å². The van der Waals surface area contributed by atoms with Crippen LogP contribution >= 0.6 is 0 Å². The van der Waals surface area contributed by atoms with Crippen LogP contribution in [0, 0.1) is 5.82 Å². The van der Waals surface area contributed by atoms with Gasteiger partial charge in [0.25, 0.3) is 0 Å². The fourth-order valence-corrected chi connectivity index (χ4v) is 2.90. The average molecular weight is 286 g/mol. The molecule has 10 heteroatoms. The molecule has 1 aromatic carbocycles. The van der Waals surface area contributed by atoms with Crippen molar-refractivity contribution < 1.29 is 12.8 Å². The van der Waals surface area contributed by atoms with Crippen LogP contribution in [-0.2, 0) is 10.0 Å². The molecule has 0 amide bonds. The third-order valence-corrected chi connectivity index (χ3v) is 3.98. The Labute approximate surface area is 108 Å². The van der Waals surface area contributed by atoms with E-state index in [0.717, 1.165) is 6.07 Å². The molecule has 0 spiro atoms. The van der Waals surface area contributed by atoms with Crippen LogP contribution in [0.2, 0.25) is 0 Å². The van der Waals surface area contributed by atoms with Crippen molar-refractivity contribution in [3.8, 4) is 0 Å². The first-order valence-electron chi connectivity index (χ1n) is 5.21. The third-order valence-electron chi connectivity index (χ3n) is 2.35. The summed E-state index contributed by atoms with van der Waals surface area (Å²) in [6.45, 7) is 1.50. The van der Waals surface area contributed by atoms with Crippen LogP contribution in [-0.4, -0.2) is 29.0 Å². The molecule has 1 aromatic heterocycles. The molecule has 1 heterocycles. The number of nitrogens with one attached hydrogen (secondary N) is 2. The molecular weight excluding hydrogens is 275 g/mol. The fraction of sp³-hybridized carbons (Fsp3) is 0.222. The summed E-state index contributed by atoms with van der Waals surface area (Å²) in [4.78, 5) is -0.592. The van der Waals surface area contributed by atoms with E-state index < -0.39 is 26.8 Å². The number of hydrogen-bond acceptors (Lipinski definition) is 6. The van der Waals surface area contributed by atoms with Crippen molar-refractivity contribution in [2.75, 3.05) is 5.73 Å². The van der Waals surface area contributed by atoms with Gasteiger partial charge in [-0.15, -0.1) is 10.2 Å². The molecule has 0 bridgehead atoms. The lowest BCUT2D eigenvalue weighted by atomic mass is 10.3. The Morgan fingerprint density at radius 1 is 1.47 bits per heavy atom.